The molecule has 0 bridgehead atoms. The molecule has 0 atom stereocenters. The van der Waals surface area contributed by atoms with Crippen LogP contribution in [0.1, 0.15) is 6.92 Å². The normalized spacial score (nSPS) is 10.8. The summed E-state index contributed by atoms with van der Waals surface area (Å²) in [7, 11) is 0. The van der Waals surface area contributed by atoms with Gasteiger partial charge >= 0.3 is 0 Å². The smallest absolute Gasteiger partial charge is 0.234 e. The van der Waals surface area contributed by atoms with Gasteiger partial charge in [0.2, 0.25) is 5.91 Å². The standard InChI is InChI=1S/C19H19FN4OS2/c1-3-24-18(13-8-4-5-9-14(13)20)22-23-19(24)27-12-17(25)21-15-10-6-7-11-16(15)26-2/h4-11H,3,12H2,1-2H3,(H,21,25). The number of thioether (sulfide) groups is 2. The molecule has 1 heterocycles. The third-order valence-electron chi connectivity index (χ3n) is 3.86. The molecule has 5 nitrogen and oxygen atoms in total. The number of hydrogen-bond acceptors (Lipinski definition) is 5. The Labute approximate surface area is 165 Å². The van der Waals surface area contributed by atoms with Crippen LogP contribution in [0.15, 0.2) is 58.6 Å². The van der Waals surface area contributed by atoms with Crippen molar-refractivity contribution in [3.8, 4) is 11.4 Å². The Morgan fingerprint density at radius 2 is 1.89 bits per heavy atom. The van der Waals surface area contributed by atoms with Gasteiger partial charge in [-0.2, -0.15) is 0 Å². The van der Waals surface area contributed by atoms with Gasteiger partial charge in [-0.1, -0.05) is 36.0 Å². The number of benzene rings is 2. The highest BCUT2D eigenvalue weighted by atomic mass is 32.2. The highest BCUT2D eigenvalue weighted by Crippen LogP contribution is 2.27. The fourth-order valence-corrected chi connectivity index (χ4v) is 3.94. The molecule has 1 amide bonds. The number of halogens is 1. The summed E-state index contributed by atoms with van der Waals surface area (Å²) < 4.78 is 15.9. The average Bonchev–Trinajstić information content (AvgIpc) is 3.10. The van der Waals surface area contributed by atoms with Gasteiger partial charge in [-0.05, 0) is 37.4 Å². The zero-order valence-corrected chi connectivity index (χ0v) is 16.6. The number of para-hydroxylation sites is 1. The molecule has 140 valence electrons. The summed E-state index contributed by atoms with van der Waals surface area (Å²) in [4.78, 5) is 13.3. The Hall–Kier alpha value is -2.32. The zero-order valence-electron chi connectivity index (χ0n) is 15.0. The molecule has 2 aromatic carbocycles. The summed E-state index contributed by atoms with van der Waals surface area (Å²) in [5.74, 6) is 0.186. The Balaban J connectivity index is 1.71. The number of aromatic nitrogens is 3. The molecule has 27 heavy (non-hydrogen) atoms. The van der Waals surface area contributed by atoms with Crippen LogP contribution in [0.3, 0.4) is 0 Å². The van der Waals surface area contributed by atoms with Crippen LogP contribution >= 0.6 is 23.5 Å². The molecule has 1 aromatic heterocycles. The molecule has 0 aliphatic rings. The van der Waals surface area contributed by atoms with E-state index < -0.39 is 0 Å². The molecule has 1 N–H and O–H groups in total. The van der Waals surface area contributed by atoms with Gasteiger partial charge in [0.25, 0.3) is 0 Å². The molecule has 0 unspecified atom stereocenters. The van der Waals surface area contributed by atoms with Gasteiger partial charge in [0.1, 0.15) is 5.82 Å². The molecular formula is C19H19FN4OS2. The molecule has 0 aliphatic heterocycles. The van der Waals surface area contributed by atoms with Crippen molar-refractivity contribution in [2.24, 2.45) is 0 Å². The van der Waals surface area contributed by atoms with Crippen LogP contribution in [0.4, 0.5) is 10.1 Å². The van der Waals surface area contributed by atoms with E-state index in [0.717, 1.165) is 10.6 Å². The number of nitrogens with zero attached hydrogens (tertiary/aromatic N) is 3. The predicted octanol–water partition coefficient (Wildman–Crippen LogP) is 4.56. The monoisotopic (exact) mass is 402 g/mol. The van der Waals surface area contributed by atoms with E-state index in [-0.39, 0.29) is 17.5 Å². The van der Waals surface area contributed by atoms with Crippen LogP contribution < -0.4 is 5.32 Å². The predicted molar refractivity (Wildman–Crippen MR) is 109 cm³/mol. The van der Waals surface area contributed by atoms with Crippen LogP contribution in [-0.4, -0.2) is 32.7 Å². The summed E-state index contributed by atoms with van der Waals surface area (Å²) in [6.07, 6.45) is 1.97. The molecule has 0 aliphatic carbocycles. The van der Waals surface area contributed by atoms with Gasteiger partial charge < -0.3 is 9.88 Å². The van der Waals surface area contributed by atoms with Gasteiger partial charge in [-0.3, -0.25) is 4.79 Å². The first kappa shape index (κ1) is 19.4. The SMILES string of the molecule is CCn1c(SCC(=O)Nc2ccccc2SC)nnc1-c1ccccc1F. The number of hydrogen-bond donors (Lipinski definition) is 1. The van der Waals surface area contributed by atoms with E-state index in [9.17, 15) is 9.18 Å². The Morgan fingerprint density at radius 3 is 2.63 bits per heavy atom. The summed E-state index contributed by atoms with van der Waals surface area (Å²) in [5, 5.41) is 11.8. The Bertz CT molecular complexity index is 945. The minimum Gasteiger partial charge on any atom is -0.324 e. The summed E-state index contributed by atoms with van der Waals surface area (Å²) >= 11 is 2.86. The second kappa shape index (κ2) is 9.05. The van der Waals surface area contributed by atoms with Crippen LogP contribution in [0.25, 0.3) is 11.4 Å². The number of carbonyl (C=O) groups is 1. The van der Waals surface area contributed by atoms with Crippen molar-refractivity contribution in [1.82, 2.24) is 14.8 Å². The van der Waals surface area contributed by atoms with Gasteiger partial charge in [-0.15, -0.1) is 22.0 Å². The van der Waals surface area contributed by atoms with E-state index in [0.29, 0.717) is 23.1 Å². The molecule has 0 spiro atoms. The molecule has 0 fully saturated rings. The van der Waals surface area contributed by atoms with Gasteiger partial charge in [-0.25, -0.2) is 4.39 Å². The minimum absolute atomic E-state index is 0.125. The van der Waals surface area contributed by atoms with Crippen LogP contribution in [0.2, 0.25) is 0 Å². The van der Waals surface area contributed by atoms with Crippen molar-refractivity contribution in [2.45, 2.75) is 23.5 Å². The third kappa shape index (κ3) is 4.51. The molecule has 0 saturated carbocycles. The summed E-state index contributed by atoms with van der Waals surface area (Å²) in [6, 6.07) is 14.1. The molecule has 0 saturated heterocycles. The van der Waals surface area contributed by atoms with Crippen LogP contribution in [0, 0.1) is 5.82 Å². The first-order valence-electron chi connectivity index (χ1n) is 8.37. The lowest BCUT2D eigenvalue weighted by molar-refractivity contribution is -0.113. The molecule has 3 aromatic rings. The van der Waals surface area contributed by atoms with E-state index in [2.05, 4.69) is 15.5 Å². The van der Waals surface area contributed by atoms with Crippen LogP contribution in [0.5, 0.6) is 0 Å². The van der Waals surface area contributed by atoms with Crippen LogP contribution in [-0.2, 0) is 11.3 Å². The van der Waals surface area contributed by atoms with Crippen molar-refractivity contribution in [1.29, 1.82) is 0 Å². The van der Waals surface area contributed by atoms with E-state index in [4.69, 9.17) is 0 Å². The lowest BCUT2D eigenvalue weighted by atomic mass is 10.2. The summed E-state index contributed by atoms with van der Waals surface area (Å²) in [6.45, 7) is 2.52. The number of amides is 1. The van der Waals surface area contributed by atoms with E-state index in [1.165, 1.54) is 17.8 Å². The number of nitrogens with one attached hydrogen (secondary N) is 1. The highest BCUT2D eigenvalue weighted by molar-refractivity contribution is 7.99. The maximum atomic E-state index is 14.1. The number of carbonyl (C=O) groups excluding carboxylic acids is 1. The third-order valence-corrected chi connectivity index (χ3v) is 5.62. The highest BCUT2D eigenvalue weighted by Gasteiger charge is 2.17. The van der Waals surface area contributed by atoms with Gasteiger partial charge in [0.05, 0.1) is 17.0 Å². The first-order chi connectivity index (χ1) is 13.1. The second-order valence-corrected chi connectivity index (χ2v) is 7.36. The molecular weight excluding hydrogens is 383 g/mol. The Kier molecular flexibility index (Phi) is 6.52. The van der Waals surface area contributed by atoms with Crippen molar-refractivity contribution >= 4 is 35.1 Å². The maximum absolute atomic E-state index is 14.1. The van der Waals surface area contributed by atoms with E-state index >= 15 is 0 Å². The largest absolute Gasteiger partial charge is 0.324 e. The first-order valence-corrected chi connectivity index (χ1v) is 10.6. The quantitative estimate of drug-likeness (QED) is 0.587. The van der Waals surface area contributed by atoms with Crippen molar-refractivity contribution < 1.29 is 9.18 Å². The van der Waals surface area contributed by atoms with Gasteiger partial charge in [0.15, 0.2) is 11.0 Å². The average molecular weight is 403 g/mol. The molecule has 3 rings (SSSR count). The van der Waals surface area contributed by atoms with Crippen molar-refractivity contribution in [3.63, 3.8) is 0 Å². The number of rotatable bonds is 7. The van der Waals surface area contributed by atoms with Crippen molar-refractivity contribution in [2.75, 3.05) is 17.3 Å². The van der Waals surface area contributed by atoms with Crippen molar-refractivity contribution in [3.05, 3.63) is 54.3 Å². The second-order valence-electron chi connectivity index (χ2n) is 5.57. The maximum Gasteiger partial charge on any atom is 0.234 e. The minimum atomic E-state index is -0.345. The fraction of sp³-hybridized carbons (Fsp3) is 0.211. The topological polar surface area (TPSA) is 59.8 Å². The zero-order chi connectivity index (χ0) is 19.2. The lowest BCUT2D eigenvalue weighted by Crippen LogP contribution is -2.15. The summed E-state index contributed by atoms with van der Waals surface area (Å²) in [5.41, 5.74) is 1.19. The fourth-order valence-electron chi connectivity index (χ4n) is 2.59. The van der Waals surface area contributed by atoms with Gasteiger partial charge in [0, 0.05) is 11.4 Å². The number of anilines is 1. The Morgan fingerprint density at radius 1 is 1.15 bits per heavy atom. The van der Waals surface area contributed by atoms with E-state index in [1.807, 2.05) is 42.0 Å². The van der Waals surface area contributed by atoms with E-state index in [1.54, 1.807) is 30.0 Å². The molecule has 0 radical (unpaired) electrons. The molecule has 8 heteroatoms. The lowest BCUT2D eigenvalue weighted by Gasteiger charge is -2.10.